The van der Waals surface area contributed by atoms with Crippen molar-refractivity contribution in [1.82, 2.24) is 9.88 Å². The lowest BCUT2D eigenvalue weighted by molar-refractivity contribution is 0.552. The molecular formula is C17H24N2S. The molecule has 0 aliphatic carbocycles. The molecule has 2 nitrogen and oxygen atoms in total. The molecule has 0 amide bonds. The Morgan fingerprint density at radius 1 is 1.15 bits per heavy atom. The van der Waals surface area contributed by atoms with E-state index < -0.39 is 0 Å². The van der Waals surface area contributed by atoms with Gasteiger partial charge in [0.25, 0.3) is 0 Å². The Morgan fingerprint density at radius 2 is 1.95 bits per heavy atom. The van der Waals surface area contributed by atoms with Crippen LogP contribution in [0.5, 0.6) is 0 Å². The molecule has 3 heteroatoms. The number of thioether (sulfide) groups is 1. The highest BCUT2D eigenvalue weighted by atomic mass is 32.2. The van der Waals surface area contributed by atoms with Gasteiger partial charge < -0.3 is 9.88 Å². The number of rotatable bonds is 8. The average molecular weight is 288 g/mol. The molecule has 0 radical (unpaired) electrons. The number of nitrogens with one attached hydrogen (secondary N) is 1. The van der Waals surface area contributed by atoms with Crippen LogP contribution in [-0.4, -0.2) is 16.9 Å². The number of nitrogens with zero attached hydrogens (tertiary/aromatic N) is 1. The number of hydrogen-bond acceptors (Lipinski definition) is 2. The molecule has 1 N–H and O–H groups in total. The molecule has 0 saturated heterocycles. The quantitative estimate of drug-likeness (QED) is 0.739. The first-order valence-corrected chi connectivity index (χ1v) is 8.26. The van der Waals surface area contributed by atoms with Gasteiger partial charge in [-0.2, -0.15) is 0 Å². The van der Waals surface area contributed by atoms with Gasteiger partial charge in [0.1, 0.15) is 0 Å². The van der Waals surface area contributed by atoms with Crippen molar-refractivity contribution in [2.24, 2.45) is 5.92 Å². The van der Waals surface area contributed by atoms with Gasteiger partial charge in [0, 0.05) is 36.1 Å². The monoisotopic (exact) mass is 288 g/mol. The van der Waals surface area contributed by atoms with Gasteiger partial charge in [-0.1, -0.05) is 32.0 Å². The molecular weight excluding hydrogens is 264 g/mol. The summed E-state index contributed by atoms with van der Waals surface area (Å²) in [5, 5.41) is 3.48. The van der Waals surface area contributed by atoms with Crippen LogP contribution in [0, 0.1) is 5.92 Å². The normalized spacial score (nSPS) is 11.2. The van der Waals surface area contributed by atoms with E-state index in [2.05, 4.69) is 72.5 Å². The summed E-state index contributed by atoms with van der Waals surface area (Å²) >= 11 is 1.91. The van der Waals surface area contributed by atoms with Crippen molar-refractivity contribution in [3.05, 3.63) is 54.4 Å². The predicted octanol–water partition coefficient (Wildman–Crippen LogP) is 4.03. The minimum atomic E-state index is 0.708. The third-order valence-electron chi connectivity index (χ3n) is 3.05. The number of benzene rings is 1. The van der Waals surface area contributed by atoms with E-state index in [4.69, 9.17) is 0 Å². The van der Waals surface area contributed by atoms with Gasteiger partial charge in [-0.15, -0.1) is 11.8 Å². The Bertz CT molecular complexity index is 491. The van der Waals surface area contributed by atoms with Crippen LogP contribution in [-0.2, 0) is 13.1 Å². The molecule has 0 saturated carbocycles. The molecule has 0 aliphatic rings. The van der Waals surface area contributed by atoms with Gasteiger partial charge in [0.15, 0.2) is 0 Å². The van der Waals surface area contributed by atoms with E-state index in [0.717, 1.165) is 25.4 Å². The van der Waals surface area contributed by atoms with Crippen LogP contribution < -0.4 is 5.32 Å². The maximum Gasteiger partial charge on any atom is 0.0314 e. The maximum absolute atomic E-state index is 3.48. The average Bonchev–Trinajstić information content (AvgIpc) is 2.87. The van der Waals surface area contributed by atoms with E-state index >= 15 is 0 Å². The fourth-order valence-electron chi connectivity index (χ4n) is 2.02. The van der Waals surface area contributed by atoms with E-state index in [-0.39, 0.29) is 0 Å². The summed E-state index contributed by atoms with van der Waals surface area (Å²) in [4.78, 5) is 1.35. The van der Waals surface area contributed by atoms with Crippen LogP contribution in [0.1, 0.15) is 19.4 Å². The first-order valence-electron chi connectivity index (χ1n) is 7.27. The second-order valence-electron chi connectivity index (χ2n) is 5.44. The summed E-state index contributed by atoms with van der Waals surface area (Å²) < 4.78 is 2.28. The summed E-state index contributed by atoms with van der Waals surface area (Å²) in [7, 11) is 0. The Hall–Kier alpha value is -1.19. The molecule has 1 heterocycles. The Morgan fingerprint density at radius 3 is 2.70 bits per heavy atom. The Kier molecular flexibility index (Phi) is 6.22. The number of aromatic nitrogens is 1. The molecule has 108 valence electrons. The van der Waals surface area contributed by atoms with Gasteiger partial charge in [0.2, 0.25) is 0 Å². The lowest BCUT2D eigenvalue weighted by Crippen LogP contribution is -2.18. The van der Waals surface area contributed by atoms with Crippen molar-refractivity contribution in [3.63, 3.8) is 0 Å². The molecule has 0 aliphatic heterocycles. The SMILES string of the molecule is CC(C)CNCc1ccn(CCSc2ccccc2)c1. The van der Waals surface area contributed by atoms with E-state index in [0.29, 0.717) is 5.92 Å². The summed E-state index contributed by atoms with van der Waals surface area (Å²) in [6.07, 6.45) is 4.43. The van der Waals surface area contributed by atoms with Crippen LogP contribution in [0.25, 0.3) is 0 Å². The second kappa shape index (κ2) is 8.18. The van der Waals surface area contributed by atoms with Gasteiger partial charge >= 0.3 is 0 Å². The molecule has 2 aromatic rings. The van der Waals surface area contributed by atoms with Crippen LogP contribution in [0.4, 0.5) is 0 Å². The highest BCUT2D eigenvalue weighted by Gasteiger charge is 1.99. The topological polar surface area (TPSA) is 17.0 Å². The first kappa shape index (κ1) is 15.2. The zero-order valence-corrected chi connectivity index (χ0v) is 13.2. The minimum absolute atomic E-state index is 0.708. The van der Waals surface area contributed by atoms with E-state index in [9.17, 15) is 0 Å². The Labute approximate surface area is 126 Å². The second-order valence-corrected chi connectivity index (χ2v) is 6.61. The molecule has 0 fully saturated rings. The van der Waals surface area contributed by atoms with Gasteiger partial charge in [-0.05, 0) is 36.2 Å². The van der Waals surface area contributed by atoms with Crippen molar-refractivity contribution >= 4 is 11.8 Å². The molecule has 20 heavy (non-hydrogen) atoms. The van der Waals surface area contributed by atoms with Crippen molar-refractivity contribution in [2.75, 3.05) is 12.3 Å². The summed E-state index contributed by atoms with van der Waals surface area (Å²) in [6.45, 7) is 7.58. The smallest absolute Gasteiger partial charge is 0.0314 e. The standard InChI is InChI=1S/C17H24N2S/c1-15(2)12-18-13-16-8-9-19(14-16)10-11-20-17-6-4-3-5-7-17/h3-9,14-15,18H,10-13H2,1-2H3. The van der Waals surface area contributed by atoms with Crippen molar-refractivity contribution in [1.29, 1.82) is 0 Å². The third-order valence-corrected chi connectivity index (χ3v) is 4.05. The lowest BCUT2D eigenvalue weighted by atomic mass is 10.2. The highest BCUT2D eigenvalue weighted by Crippen LogP contribution is 2.17. The third kappa shape index (κ3) is 5.43. The van der Waals surface area contributed by atoms with E-state index in [1.165, 1.54) is 10.5 Å². The molecule has 0 spiro atoms. The molecule has 1 aromatic heterocycles. The molecule has 2 rings (SSSR count). The van der Waals surface area contributed by atoms with Crippen molar-refractivity contribution in [3.8, 4) is 0 Å². The van der Waals surface area contributed by atoms with E-state index in [1.54, 1.807) is 0 Å². The number of hydrogen-bond donors (Lipinski definition) is 1. The van der Waals surface area contributed by atoms with Crippen LogP contribution >= 0.6 is 11.8 Å². The fraction of sp³-hybridized carbons (Fsp3) is 0.412. The molecule has 0 bridgehead atoms. The minimum Gasteiger partial charge on any atom is -0.353 e. The maximum atomic E-state index is 3.48. The summed E-state index contributed by atoms with van der Waals surface area (Å²) in [5.74, 6) is 1.82. The molecule has 1 aromatic carbocycles. The summed E-state index contributed by atoms with van der Waals surface area (Å²) in [5.41, 5.74) is 1.37. The van der Waals surface area contributed by atoms with Crippen molar-refractivity contribution < 1.29 is 0 Å². The van der Waals surface area contributed by atoms with Gasteiger partial charge in [0.05, 0.1) is 0 Å². The van der Waals surface area contributed by atoms with Crippen molar-refractivity contribution in [2.45, 2.75) is 31.8 Å². The van der Waals surface area contributed by atoms with Gasteiger partial charge in [-0.3, -0.25) is 0 Å². The first-order chi connectivity index (χ1) is 9.74. The zero-order valence-electron chi connectivity index (χ0n) is 12.4. The molecule has 0 unspecified atom stereocenters. The molecule has 0 atom stereocenters. The van der Waals surface area contributed by atoms with Gasteiger partial charge in [-0.25, -0.2) is 0 Å². The Balaban J connectivity index is 1.70. The lowest BCUT2D eigenvalue weighted by Gasteiger charge is -2.06. The van der Waals surface area contributed by atoms with Crippen LogP contribution in [0.15, 0.2) is 53.7 Å². The van der Waals surface area contributed by atoms with E-state index in [1.807, 2.05) is 11.8 Å². The van der Waals surface area contributed by atoms with Crippen LogP contribution in [0.2, 0.25) is 0 Å². The zero-order chi connectivity index (χ0) is 14.2. The summed E-state index contributed by atoms with van der Waals surface area (Å²) in [6, 6.07) is 12.8. The van der Waals surface area contributed by atoms with Crippen LogP contribution in [0.3, 0.4) is 0 Å². The fourth-order valence-corrected chi connectivity index (χ4v) is 2.91. The predicted molar refractivity (Wildman–Crippen MR) is 88.1 cm³/mol. The number of aryl methyl sites for hydroxylation is 1. The highest BCUT2D eigenvalue weighted by molar-refractivity contribution is 7.99. The largest absolute Gasteiger partial charge is 0.353 e.